The maximum atomic E-state index is 9.35. The highest BCUT2D eigenvalue weighted by atomic mass is 16.6. The Morgan fingerprint density at radius 1 is 0.686 bits per heavy atom. The molecule has 1 N–H and O–H groups in total. The normalized spacial score (nSPS) is 21.1. The molecule has 7 heteroatoms. The lowest BCUT2D eigenvalue weighted by atomic mass is 10.1. The van der Waals surface area contributed by atoms with Crippen molar-refractivity contribution in [2.45, 2.75) is 135 Å². The molecule has 1 aliphatic rings. The second kappa shape index (κ2) is 21.8. The minimum Gasteiger partial charge on any atom is -0.394 e. The fourth-order valence-electron chi connectivity index (χ4n) is 3.85. The van der Waals surface area contributed by atoms with Crippen LogP contribution in [0.2, 0.25) is 0 Å². The summed E-state index contributed by atoms with van der Waals surface area (Å²) >= 11 is 0. The third-order valence-electron chi connectivity index (χ3n) is 6.45. The summed E-state index contributed by atoms with van der Waals surface area (Å²) in [6.45, 7) is 14.7. The molecule has 0 bridgehead atoms. The van der Waals surface area contributed by atoms with Crippen LogP contribution in [0.4, 0.5) is 0 Å². The number of aliphatic hydroxyl groups is 1. The fourth-order valence-corrected chi connectivity index (χ4v) is 3.85. The molecule has 0 aromatic rings. The van der Waals surface area contributed by atoms with Crippen molar-refractivity contribution in [3.63, 3.8) is 0 Å². The molecule has 1 heterocycles. The summed E-state index contributed by atoms with van der Waals surface area (Å²) in [5.74, 6) is 0. The van der Waals surface area contributed by atoms with E-state index in [-0.39, 0.29) is 43.2 Å². The van der Waals surface area contributed by atoms with Gasteiger partial charge < -0.3 is 33.5 Å². The van der Waals surface area contributed by atoms with Gasteiger partial charge in [-0.05, 0) is 45.4 Å². The van der Waals surface area contributed by atoms with E-state index in [1.54, 1.807) is 0 Å². The molecule has 1 fully saturated rings. The van der Waals surface area contributed by atoms with Crippen molar-refractivity contribution in [2.24, 2.45) is 0 Å². The number of ether oxygens (including phenoxy) is 6. The first-order valence-electron chi connectivity index (χ1n) is 14.4. The Bertz CT molecular complexity index is 465. The summed E-state index contributed by atoms with van der Waals surface area (Å²) in [4.78, 5) is 0. The highest BCUT2D eigenvalue weighted by Gasteiger charge is 2.39. The van der Waals surface area contributed by atoms with E-state index in [0.717, 1.165) is 84.0 Å². The minimum absolute atomic E-state index is 0.0303. The van der Waals surface area contributed by atoms with Crippen molar-refractivity contribution in [2.75, 3.05) is 46.2 Å². The van der Waals surface area contributed by atoms with Crippen LogP contribution in [-0.4, -0.2) is 88.0 Å². The molecular weight excluding hydrogens is 448 g/mol. The summed E-state index contributed by atoms with van der Waals surface area (Å²) in [6, 6.07) is 0. The molecule has 0 radical (unpaired) electrons. The van der Waals surface area contributed by atoms with Gasteiger partial charge in [-0.1, -0.05) is 53.4 Å². The van der Waals surface area contributed by atoms with E-state index in [4.69, 9.17) is 28.4 Å². The van der Waals surface area contributed by atoms with Crippen molar-refractivity contribution in [3.05, 3.63) is 0 Å². The number of aliphatic hydroxyl groups excluding tert-OH is 1. The fraction of sp³-hybridized carbons (Fsp3) is 1.00. The highest BCUT2D eigenvalue weighted by Crippen LogP contribution is 2.28. The van der Waals surface area contributed by atoms with E-state index in [2.05, 4.69) is 34.6 Å². The highest BCUT2D eigenvalue weighted by molar-refractivity contribution is 4.86. The first-order valence-corrected chi connectivity index (χ1v) is 14.4. The van der Waals surface area contributed by atoms with E-state index in [0.29, 0.717) is 19.8 Å². The van der Waals surface area contributed by atoms with Gasteiger partial charge in [-0.15, -0.1) is 0 Å². The molecule has 0 amide bonds. The molecule has 7 nitrogen and oxygen atoms in total. The summed E-state index contributed by atoms with van der Waals surface area (Å²) in [6.07, 6.45) is 9.65. The number of unbranched alkanes of at least 4 members (excludes halogenated alkanes) is 4. The van der Waals surface area contributed by atoms with Gasteiger partial charge in [-0.25, -0.2) is 0 Å². The lowest BCUT2D eigenvalue weighted by molar-refractivity contribution is -0.172. The Hall–Kier alpha value is -0.280. The molecule has 1 aliphatic heterocycles. The van der Waals surface area contributed by atoms with Crippen LogP contribution in [0, 0.1) is 0 Å². The lowest BCUT2D eigenvalue weighted by Crippen LogP contribution is -2.44. The zero-order valence-electron chi connectivity index (χ0n) is 23.4. The van der Waals surface area contributed by atoms with Gasteiger partial charge in [-0.3, -0.25) is 0 Å². The van der Waals surface area contributed by atoms with Crippen LogP contribution in [0.25, 0.3) is 0 Å². The van der Waals surface area contributed by atoms with E-state index >= 15 is 0 Å². The maximum absolute atomic E-state index is 9.35. The number of hydrogen-bond donors (Lipinski definition) is 1. The Morgan fingerprint density at radius 2 is 1.23 bits per heavy atom. The van der Waals surface area contributed by atoms with Crippen LogP contribution in [0.3, 0.4) is 0 Å². The van der Waals surface area contributed by atoms with Gasteiger partial charge in [0.25, 0.3) is 0 Å². The molecule has 0 spiro atoms. The van der Waals surface area contributed by atoms with E-state index in [1.807, 2.05) is 0 Å². The van der Waals surface area contributed by atoms with Crippen LogP contribution >= 0.6 is 0 Å². The number of rotatable bonds is 26. The SMILES string of the molecule is CCCCOCC(O[C@H](CC[C@H]1OC1CO)[C@H](C)OCCCC)[C@@H](COCCCC)OCCCC. The first kappa shape index (κ1) is 32.7. The van der Waals surface area contributed by atoms with Gasteiger partial charge in [0.2, 0.25) is 0 Å². The topological polar surface area (TPSA) is 78.9 Å². The summed E-state index contributed by atoms with van der Waals surface area (Å²) in [5.41, 5.74) is 0. The van der Waals surface area contributed by atoms with Crippen LogP contribution in [0.15, 0.2) is 0 Å². The van der Waals surface area contributed by atoms with Crippen molar-refractivity contribution in [3.8, 4) is 0 Å². The van der Waals surface area contributed by atoms with Gasteiger partial charge in [0, 0.05) is 26.4 Å². The molecule has 1 rings (SSSR count). The molecule has 0 saturated carbocycles. The molecule has 1 saturated heterocycles. The summed E-state index contributed by atoms with van der Waals surface area (Å²) in [7, 11) is 0. The molecular formula is C28H56O7. The quantitative estimate of drug-likeness (QED) is 0.126. The van der Waals surface area contributed by atoms with Gasteiger partial charge in [0.1, 0.15) is 18.3 Å². The smallest absolute Gasteiger partial charge is 0.110 e. The van der Waals surface area contributed by atoms with Gasteiger partial charge in [0.05, 0.1) is 38.1 Å². The molecule has 0 aromatic carbocycles. The number of epoxide rings is 1. The van der Waals surface area contributed by atoms with Gasteiger partial charge >= 0.3 is 0 Å². The van der Waals surface area contributed by atoms with Crippen molar-refractivity contribution in [1.29, 1.82) is 0 Å². The maximum Gasteiger partial charge on any atom is 0.110 e. The monoisotopic (exact) mass is 504 g/mol. The van der Waals surface area contributed by atoms with Gasteiger partial charge in [0.15, 0.2) is 0 Å². The Morgan fingerprint density at radius 3 is 1.77 bits per heavy atom. The first-order chi connectivity index (χ1) is 17.1. The van der Waals surface area contributed by atoms with Gasteiger partial charge in [-0.2, -0.15) is 0 Å². The second-order valence-electron chi connectivity index (χ2n) is 9.74. The van der Waals surface area contributed by atoms with Crippen LogP contribution in [0.5, 0.6) is 0 Å². The van der Waals surface area contributed by atoms with E-state index < -0.39 is 0 Å². The van der Waals surface area contributed by atoms with Crippen LogP contribution in [0.1, 0.15) is 98.8 Å². The molecule has 210 valence electrons. The standard InChI is InChI=1S/C28H56O7/c1-6-10-16-30-21-27(33-19-13-9-4)28(22-31-17-11-7-2)34-24(23(5)32-18-12-8-3)14-15-25-26(20-29)35-25/h23-29H,6-22H2,1-5H3/t23-,24+,25+,26?,27+,28?/m0/s1. The molecule has 35 heavy (non-hydrogen) atoms. The average molecular weight is 505 g/mol. The Labute approximate surface area is 215 Å². The zero-order valence-corrected chi connectivity index (χ0v) is 23.4. The van der Waals surface area contributed by atoms with Crippen LogP contribution in [-0.2, 0) is 28.4 Å². The molecule has 0 aromatic heterocycles. The zero-order chi connectivity index (χ0) is 25.7. The Kier molecular flexibility index (Phi) is 20.4. The van der Waals surface area contributed by atoms with Crippen molar-refractivity contribution >= 4 is 0 Å². The predicted octanol–water partition coefficient (Wildman–Crippen LogP) is 5.30. The third kappa shape index (κ3) is 15.5. The Balaban J connectivity index is 2.88. The number of hydrogen-bond acceptors (Lipinski definition) is 7. The molecule has 6 atom stereocenters. The van der Waals surface area contributed by atoms with E-state index in [1.165, 1.54) is 0 Å². The van der Waals surface area contributed by atoms with E-state index in [9.17, 15) is 5.11 Å². The molecule has 0 aliphatic carbocycles. The summed E-state index contributed by atoms with van der Waals surface area (Å²) in [5, 5.41) is 9.35. The predicted molar refractivity (Wildman–Crippen MR) is 140 cm³/mol. The van der Waals surface area contributed by atoms with Crippen molar-refractivity contribution in [1.82, 2.24) is 0 Å². The second-order valence-corrected chi connectivity index (χ2v) is 9.74. The molecule has 2 unspecified atom stereocenters. The van der Waals surface area contributed by atoms with Crippen molar-refractivity contribution < 1.29 is 33.5 Å². The summed E-state index contributed by atoms with van der Waals surface area (Å²) < 4.78 is 36.8. The third-order valence-corrected chi connectivity index (χ3v) is 6.45. The largest absolute Gasteiger partial charge is 0.394 e. The average Bonchev–Trinajstić information content (AvgIpc) is 3.63. The lowest BCUT2D eigenvalue weighted by Gasteiger charge is -2.33. The minimum atomic E-state index is -0.235. The van der Waals surface area contributed by atoms with Crippen LogP contribution < -0.4 is 0 Å².